The molecule has 0 aliphatic carbocycles. The molecule has 366 valence electrons. The van der Waals surface area contributed by atoms with E-state index in [1.807, 2.05) is 47.0 Å². The van der Waals surface area contributed by atoms with Gasteiger partial charge in [-0.05, 0) is 95.7 Å². The molecule has 0 heterocycles. The lowest BCUT2D eigenvalue weighted by Gasteiger charge is -2.33. The molecule has 0 saturated carbocycles. The van der Waals surface area contributed by atoms with Crippen molar-refractivity contribution in [3.05, 3.63) is 58.1 Å². The lowest BCUT2D eigenvalue weighted by molar-refractivity contribution is -0.157. The van der Waals surface area contributed by atoms with Crippen LogP contribution in [0.3, 0.4) is 0 Å². The van der Waals surface area contributed by atoms with Gasteiger partial charge >= 0.3 is 11.9 Å². The van der Waals surface area contributed by atoms with E-state index < -0.39 is 89.9 Å². The summed E-state index contributed by atoms with van der Waals surface area (Å²) in [6.45, 7) is 18.7. The highest BCUT2D eigenvalue weighted by molar-refractivity contribution is 7.98. The number of nitrogens with zero attached hydrogens (tertiary/aromatic N) is 2. The van der Waals surface area contributed by atoms with Crippen LogP contribution >= 0.6 is 23.4 Å². The monoisotopic (exact) mass is 950 g/mol. The zero-order valence-corrected chi connectivity index (χ0v) is 42.4. The molecule has 0 aliphatic heterocycles. The van der Waals surface area contributed by atoms with Crippen molar-refractivity contribution >= 4 is 64.8 Å². The zero-order valence-electron chi connectivity index (χ0n) is 40.8. The van der Waals surface area contributed by atoms with E-state index in [-0.39, 0.29) is 37.0 Å². The Morgan fingerprint density at radius 1 is 0.954 bits per heavy atom. The number of carbonyl (C=O) groups excluding carboxylic acids is 6. The summed E-state index contributed by atoms with van der Waals surface area (Å²) in [5, 5.41) is 18.2. The van der Waals surface area contributed by atoms with Crippen molar-refractivity contribution < 1.29 is 48.1 Å². The predicted molar refractivity (Wildman–Crippen MR) is 256 cm³/mol. The average Bonchev–Trinajstić information content (AvgIpc) is 3.24. The highest BCUT2D eigenvalue weighted by Gasteiger charge is 2.36. The third-order valence-electron chi connectivity index (χ3n) is 11.2. The van der Waals surface area contributed by atoms with Gasteiger partial charge in [-0.1, -0.05) is 76.9 Å². The number of carbonyl (C=O) groups is 7. The molecule has 0 spiro atoms. The van der Waals surface area contributed by atoms with Gasteiger partial charge in [0.05, 0.1) is 18.6 Å². The third-order valence-corrected chi connectivity index (χ3v) is 11.8. The van der Waals surface area contributed by atoms with Crippen molar-refractivity contribution in [2.24, 2.45) is 23.5 Å². The number of carboxylic acid groups (broad SMARTS) is 1. The lowest BCUT2D eigenvalue weighted by Crippen LogP contribution is -2.57. The van der Waals surface area contributed by atoms with E-state index in [9.17, 15) is 38.7 Å². The molecular weight excluding hydrogens is 876 g/mol. The maximum Gasteiger partial charge on any atom is 0.326 e. The normalized spacial score (nSPS) is 15.9. The second-order valence-electron chi connectivity index (χ2n) is 17.8. The molecule has 0 radical (unpaired) electrons. The smallest absolute Gasteiger partial charge is 0.326 e. The van der Waals surface area contributed by atoms with E-state index in [4.69, 9.17) is 26.8 Å². The first-order valence-corrected chi connectivity index (χ1v) is 23.8. The van der Waals surface area contributed by atoms with Gasteiger partial charge in [-0.15, -0.1) is 11.8 Å². The van der Waals surface area contributed by atoms with Crippen LogP contribution in [-0.4, -0.2) is 131 Å². The van der Waals surface area contributed by atoms with Crippen molar-refractivity contribution in [2.75, 3.05) is 32.8 Å². The van der Waals surface area contributed by atoms with E-state index in [0.717, 1.165) is 10.5 Å². The van der Waals surface area contributed by atoms with E-state index in [1.54, 1.807) is 65.0 Å². The van der Waals surface area contributed by atoms with Gasteiger partial charge in [0.2, 0.25) is 29.5 Å². The topological polar surface area (TPSA) is 227 Å². The number of aliphatic carboxylic acids is 1. The van der Waals surface area contributed by atoms with Gasteiger partial charge in [-0.2, -0.15) is 0 Å². The predicted octanol–water partition coefficient (Wildman–Crippen LogP) is 5.11. The molecule has 1 aromatic rings. The molecule has 8 atom stereocenters. The van der Waals surface area contributed by atoms with Crippen molar-refractivity contribution in [3.8, 4) is 0 Å². The molecule has 18 heteroatoms. The van der Waals surface area contributed by atoms with Crippen LogP contribution in [0.1, 0.15) is 101 Å². The molecule has 0 fully saturated rings. The Morgan fingerprint density at radius 3 is 2.06 bits per heavy atom. The molecule has 0 aliphatic rings. The number of benzene rings is 1. The number of amides is 5. The highest BCUT2D eigenvalue weighted by atomic mass is 35.5. The van der Waals surface area contributed by atoms with Crippen LogP contribution in [0.15, 0.2) is 47.6 Å². The fraction of sp³-hybridized carbons (Fsp3) is 0.638. The Labute approximate surface area is 395 Å². The Bertz CT molecular complexity index is 1840. The molecule has 0 bridgehead atoms. The number of nitrogens with one attached hydrogen (secondary N) is 3. The number of halogens is 1. The van der Waals surface area contributed by atoms with Crippen LogP contribution in [0, 0.1) is 17.8 Å². The molecule has 6 N–H and O–H groups in total. The van der Waals surface area contributed by atoms with Crippen LogP contribution in [-0.2, 0) is 49.5 Å². The molecule has 0 saturated heterocycles. The van der Waals surface area contributed by atoms with Crippen LogP contribution in [0.2, 0.25) is 5.02 Å². The number of esters is 1. The lowest BCUT2D eigenvalue weighted by atomic mass is 9.90. The van der Waals surface area contributed by atoms with Gasteiger partial charge in [0.15, 0.2) is 0 Å². The fourth-order valence-corrected chi connectivity index (χ4v) is 7.15. The second kappa shape index (κ2) is 27.9. The number of nitrogens with two attached hydrogens (primary N) is 1. The number of hydrogen-bond donors (Lipinski definition) is 5. The molecule has 1 aromatic carbocycles. The van der Waals surface area contributed by atoms with Crippen molar-refractivity contribution in [1.29, 1.82) is 0 Å². The Hall–Kier alpha value is -4.45. The number of carboxylic acids is 1. The molecule has 1 rings (SSSR count). The summed E-state index contributed by atoms with van der Waals surface area (Å²) in [6, 6.07) is 2.22. The van der Waals surface area contributed by atoms with Gasteiger partial charge in [-0.3, -0.25) is 28.8 Å². The van der Waals surface area contributed by atoms with E-state index in [2.05, 4.69) is 16.0 Å². The number of hydrogen-bond acceptors (Lipinski definition) is 11. The number of ether oxygens (including phenoxy) is 2. The fourth-order valence-electron chi connectivity index (χ4n) is 6.71. The summed E-state index contributed by atoms with van der Waals surface area (Å²) in [5.41, 5.74) is 6.62. The summed E-state index contributed by atoms with van der Waals surface area (Å²) >= 11 is 7.59. The largest absolute Gasteiger partial charge is 0.480 e. The molecule has 16 nitrogen and oxygen atoms in total. The van der Waals surface area contributed by atoms with E-state index in [0.29, 0.717) is 28.5 Å². The first-order chi connectivity index (χ1) is 30.2. The quantitative estimate of drug-likeness (QED) is 0.0336. The Kier molecular flexibility index (Phi) is 25.1. The van der Waals surface area contributed by atoms with Gasteiger partial charge in [0.25, 0.3) is 0 Å². The van der Waals surface area contributed by atoms with Gasteiger partial charge < -0.3 is 46.1 Å². The minimum atomic E-state index is -1.21. The average molecular weight is 952 g/mol. The van der Waals surface area contributed by atoms with Crippen LogP contribution in [0.4, 0.5) is 0 Å². The molecule has 8 unspecified atom stereocenters. The van der Waals surface area contributed by atoms with Crippen molar-refractivity contribution in [2.45, 2.75) is 144 Å². The second-order valence-corrected chi connectivity index (χ2v) is 19.1. The van der Waals surface area contributed by atoms with Gasteiger partial charge in [-0.25, -0.2) is 4.79 Å². The summed E-state index contributed by atoms with van der Waals surface area (Å²) in [4.78, 5) is 95.6. The highest BCUT2D eigenvalue weighted by Crippen LogP contribution is 2.27. The number of allylic oxidation sites excluding steroid dienone is 1. The zero-order chi connectivity index (χ0) is 49.9. The molecular formula is C47H75ClN6O10S. The van der Waals surface area contributed by atoms with Gasteiger partial charge in [0.1, 0.15) is 35.8 Å². The van der Waals surface area contributed by atoms with Crippen LogP contribution in [0.5, 0.6) is 0 Å². The first-order valence-electron chi connectivity index (χ1n) is 22.0. The van der Waals surface area contributed by atoms with Gasteiger partial charge in [0, 0.05) is 37.0 Å². The Balaban J connectivity index is 3.32. The number of rotatable bonds is 27. The van der Waals surface area contributed by atoms with Crippen LogP contribution < -0.4 is 21.7 Å². The minimum absolute atomic E-state index is 0.0294. The molecule has 65 heavy (non-hydrogen) atoms. The van der Waals surface area contributed by atoms with Crippen molar-refractivity contribution in [1.82, 2.24) is 25.8 Å². The summed E-state index contributed by atoms with van der Waals surface area (Å²) in [7, 11) is 2.80. The number of likely N-dealkylation sites (N-methyl/N-ethyl adjacent to an activating group) is 2. The Morgan fingerprint density at radius 2 is 1.55 bits per heavy atom. The van der Waals surface area contributed by atoms with Crippen LogP contribution in [0.25, 0.3) is 0 Å². The SMILES string of the molecule is C/C=C(\C)C(OC(=O)C(C)(C)N)C(C)C(C/C=C(\C)C(=O)NC(CC(C)C)C(=O)NC(C)C(=O)N(C)C(Cc1ccc(Cl)cc1)C(=O)N(C)CC(=O)NC(C(=O)O)C(C)CC)OCSC. The standard InChI is InChI=1S/C47H75ClN6O10S/c1-15-28(5)39(45(60)61)52-38(55)25-53(12)44(59)36(24-33-18-20-34(48)21-19-33)54(13)43(58)32(9)50-42(57)35(23-27(3)4)51-41(56)30(7)17-22-37(63-26-65-14)31(8)40(29(6)16-2)64-46(62)47(10,11)49/h16-21,27-28,31-32,35-37,39-40H,15,22-26,49H2,1-14H3,(H,50,57)(H,51,56)(H,52,55)(H,60,61)/b29-16+,30-17+. The maximum atomic E-state index is 14.0. The van der Waals surface area contributed by atoms with E-state index >= 15 is 0 Å². The van der Waals surface area contributed by atoms with Crippen molar-refractivity contribution in [3.63, 3.8) is 0 Å². The third kappa shape index (κ3) is 19.5. The number of thioether (sulfide) groups is 1. The van der Waals surface area contributed by atoms with E-state index in [1.165, 1.54) is 37.7 Å². The summed E-state index contributed by atoms with van der Waals surface area (Å²) in [6.07, 6.45) is 5.43. The minimum Gasteiger partial charge on any atom is -0.480 e. The first kappa shape index (κ1) is 58.6. The molecule has 0 aromatic heterocycles. The maximum absolute atomic E-state index is 14.0. The summed E-state index contributed by atoms with van der Waals surface area (Å²) in [5.74, 6) is -5.15. The summed E-state index contributed by atoms with van der Waals surface area (Å²) < 4.78 is 12.1. The molecule has 5 amide bonds.